The van der Waals surface area contributed by atoms with Gasteiger partial charge in [0.15, 0.2) is 23.1 Å². The third kappa shape index (κ3) is 8.02. The van der Waals surface area contributed by atoms with Crippen LogP contribution in [0.5, 0.6) is 11.5 Å². The summed E-state index contributed by atoms with van der Waals surface area (Å²) in [4.78, 5) is 0. The fourth-order valence-electron chi connectivity index (χ4n) is 4.91. The number of benzene rings is 2. The zero-order valence-electron chi connectivity index (χ0n) is 22.0. The Kier molecular flexibility index (Phi) is 11.9. The van der Waals surface area contributed by atoms with Crippen LogP contribution in [0.25, 0.3) is 0 Å². The van der Waals surface area contributed by atoms with Crippen LogP contribution in [0.15, 0.2) is 18.2 Å². The van der Waals surface area contributed by atoms with Crippen LogP contribution >= 0.6 is 11.6 Å². The normalized spacial score (nSPS) is 15.9. The fourth-order valence-corrected chi connectivity index (χ4v) is 5.13. The molecule has 0 heterocycles. The predicted molar refractivity (Wildman–Crippen MR) is 141 cm³/mol. The topological polar surface area (TPSA) is 18.5 Å². The van der Waals surface area contributed by atoms with Crippen molar-refractivity contribution in [3.05, 3.63) is 58.2 Å². The summed E-state index contributed by atoms with van der Waals surface area (Å²) in [5.41, 5.74) is 1.02. The van der Waals surface area contributed by atoms with E-state index in [1.807, 2.05) is 6.92 Å². The molecule has 0 saturated heterocycles. The van der Waals surface area contributed by atoms with Gasteiger partial charge in [0.2, 0.25) is 11.6 Å². The van der Waals surface area contributed by atoms with E-state index in [4.69, 9.17) is 21.1 Å². The zero-order chi connectivity index (χ0) is 26.8. The van der Waals surface area contributed by atoms with Crippen molar-refractivity contribution in [1.82, 2.24) is 0 Å². The first-order valence-corrected chi connectivity index (χ1v) is 14.2. The summed E-state index contributed by atoms with van der Waals surface area (Å²) in [5, 5.41) is -0.283. The first-order chi connectivity index (χ1) is 17.9. The first-order valence-electron chi connectivity index (χ1n) is 13.7. The molecule has 2 nitrogen and oxygen atoms in total. The number of rotatable bonds is 15. The van der Waals surface area contributed by atoms with Crippen LogP contribution < -0.4 is 9.47 Å². The molecule has 206 valence electrons. The van der Waals surface area contributed by atoms with E-state index < -0.39 is 29.2 Å². The van der Waals surface area contributed by atoms with Gasteiger partial charge in [-0.1, -0.05) is 64.9 Å². The zero-order valence-corrected chi connectivity index (χ0v) is 22.7. The largest absolute Gasteiger partial charge is 0.490 e. The predicted octanol–water partition coefficient (Wildman–Crippen LogP) is 9.43. The van der Waals surface area contributed by atoms with Crippen molar-refractivity contribution < 1.29 is 27.0 Å². The molecule has 0 bridgehead atoms. The van der Waals surface area contributed by atoms with Gasteiger partial charge in [-0.05, 0) is 66.8 Å². The molecule has 7 heteroatoms. The summed E-state index contributed by atoms with van der Waals surface area (Å²) in [5.74, 6) is -4.79. The van der Waals surface area contributed by atoms with E-state index in [2.05, 4.69) is 6.92 Å². The highest BCUT2D eigenvalue weighted by Crippen LogP contribution is 2.39. The maximum Gasteiger partial charge on any atom is 0.200 e. The van der Waals surface area contributed by atoms with Crippen LogP contribution in [0.3, 0.4) is 0 Å². The van der Waals surface area contributed by atoms with Gasteiger partial charge >= 0.3 is 0 Å². The molecule has 3 rings (SSSR count). The van der Waals surface area contributed by atoms with E-state index in [1.54, 1.807) is 6.07 Å². The fraction of sp³-hybridized carbons (Fsp3) is 0.600. The molecule has 1 aliphatic carbocycles. The number of alkyl halides is 1. The lowest BCUT2D eigenvalue weighted by atomic mass is 9.79. The van der Waals surface area contributed by atoms with E-state index in [-0.39, 0.29) is 41.0 Å². The number of hydrogen-bond donors (Lipinski definition) is 0. The van der Waals surface area contributed by atoms with Crippen LogP contribution in [-0.4, -0.2) is 18.6 Å². The highest BCUT2D eigenvalue weighted by Gasteiger charge is 2.30. The average Bonchev–Trinajstić information content (AvgIpc) is 2.90. The maximum atomic E-state index is 15.0. The molecule has 0 spiro atoms. The molecule has 0 radical (unpaired) electrons. The van der Waals surface area contributed by atoms with Crippen LogP contribution in [0.1, 0.15) is 101 Å². The first kappa shape index (κ1) is 29.6. The van der Waals surface area contributed by atoms with Crippen LogP contribution in [0.4, 0.5) is 17.6 Å². The number of aryl methyl sites for hydroxylation is 1. The lowest BCUT2D eigenvalue weighted by Crippen LogP contribution is -2.18. The second-order valence-electron chi connectivity index (χ2n) is 10.0. The Hall–Kier alpha value is -1.95. The summed E-state index contributed by atoms with van der Waals surface area (Å²) in [6.45, 7) is 4.63. The monoisotopic (exact) mass is 542 g/mol. The van der Waals surface area contributed by atoms with Gasteiger partial charge in [-0.3, -0.25) is 0 Å². The Morgan fingerprint density at radius 1 is 0.838 bits per heavy atom. The van der Waals surface area contributed by atoms with Crippen molar-refractivity contribution in [1.29, 1.82) is 0 Å². The average molecular weight is 543 g/mol. The molecule has 0 fully saturated rings. The second-order valence-corrected chi connectivity index (χ2v) is 10.6. The van der Waals surface area contributed by atoms with Crippen molar-refractivity contribution >= 4 is 11.6 Å². The summed E-state index contributed by atoms with van der Waals surface area (Å²) in [7, 11) is 0. The van der Waals surface area contributed by atoms with E-state index in [0.717, 1.165) is 38.5 Å². The Morgan fingerprint density at radius 2 is 1.54 bits per heavy atom. The van der Waals surface area contributed by atoms with Crippen LogP contribution in [-0.2, 0) is 12.8 Å². The van der Waals surface area contributed by atoms with Gasteiger partial charge in [-0.2, -0.15) is 8.78 Å². The lowest BCUT2D eigenvalue weighted by molar-refractivity contribution is 0.282. The van der Waals surface area contributed by atoms with Gasteiger partial charge in [0.25, 0.3) is 0 Å². The minimum absolute atomic E-state index is 0.0708. The van der Waals surface area contributed by atoms with Gasteiger partial charge in [-0.15, -0.1) is 11.6 Å². The summed E-state index contributed by atoms with van der Waals surface area (Å²) in [6, 6.07) is 4.43. The van der Waals surface area contributed by atoms with E-state index >= 15 is 4.39 Å². The minimum atomic E-state index is -1.08. The van der Waals surface area contributed by atoms with Gasteiger partial charge in [0.05, 0.1) is 12.0 Å². The molecular weight excluding hydrogens is 504 g/mol. The van der Waals surface area contributed by atoms with E-state index in [9.17, 15) is 13.2 Å². The van der Waals surface area contributed by atoms with Crippen molar-refractivity contribution in [2.75, 3.05) is 13.2 Å². The highest BCUT2D eigenvalue weighted by atomic mass is 35.5. The maximum absolute atomic E-state index is 15.0. The second kappa shape index (κ2) is 14.8. The standard InChI is InChI=1S/C30H39ClF4O2/c1-3-5-7-8-9-10-16-36-26-18-21-13-12-20(17-24(21)28(33)30(26)35)23-14-15-25(29(34)27(23)32)37-19-22(31)11-6-4-2/h14-15,18,20,22H,3-13,16-17,19H2,1-2H3. The van der Waals surface area contributed by atoms with Gasteiger partial charge in [-0.25, -0.2) is 8.78 Å². The molecule has 2 atom stereocenters. The number of halogens is 5. The Morgan fingerprint density at radius 3 is 2.30 bits per heavy atom. The summed E-state index contributed by atoms with van der Waals surface area (Å²) in [6.07, 6.45) is 10.1. The Labute approximate surface area is 223 Å². The van der Waals surface area contributed by atoms with Crippen molar-refractivity contribution in [3.8, 4) is 11.5 Å². The quantitative estimate of drug-likeness (QED) is 0.127. The molecule has 2 aromatic carbocycles. The van der Waals surface area contributed by atoms with Gasteiger partial charge in [0.1, 0.15) is 6.61 Å². The number of hydrogen-bond acceptors (Lipinski definition) is 2. The molecular formula is C30H39ClF4O2. The smallest absolute Gasteiger partial charge is 0.200 e. The molecule has 37 heavy (non-hydrogen) atoms. The SMILES string of the molecule is CCCCCCCCOc1cc2c(c(F)c1F)CC(c1ccc(OCC(Cl)CCCC)c(F)c1F)CC2. The van der Waals surface area contributed by atoms with Crippen molar-refractivity contribution in [3.63, 3.8) is 0 Å². The van der Waals surface area contributed by atoms with Gasteiger partial charge < -0.3 is 9.47 Å². The third-order valence-electron chi connectivity index (χ3n) is 7.14. The molecule has 2 aromatic rings. The molecule has 0 amide bonds. The third-order valence-corrected chi connectivity index (χ3v) is 7.49. The van der Waals surface area contributed by atoms with E-state index in [1.165, 1.54) is 31.4 Å². The van der Waals surface area contributed by atoms with Crippen LogP contribution in [0.2, 0.25) is 0 Å². The Balaban J connectivity index is 1.63. The van der Waals surface area contributed by atoms with Crippen LogP contribution in [0, 0.1) is 23.3 Å². The van der Waals surface area contributed by atoms with E-state index in [0.29, 0.717) is 25.0 Å². The number of fused-ring (bicyclic) bond motifs is 1. The highest BCUT2D eigenvalue weighted by molar-refractivity contribution is 6.20. The lowest BCUT2D eigenvalue weighted by Gasteiger charge is -2.27. The Bertz CT molecular complexity index is 1010. The molecule has 0 aliphatic heterocycles. The summed E-state index contributed by atoms with van der Waals surface area (Å²) < 4.78 is 70.5. The molecule has 1 aliphatic rings. The number of unbranched alkanes of at least 4 members (excludes halogenated alkanes) is 6. The summed E-state index contributed by atoms with van der Waals surface area (Å²) >= 11 is 6.18. The molecule has 0 saturated carbocycles. The minimum Gasteiger partial charge on any atom is -0.490 e. The molecule has 2 unspecified atom stereocenters. The molecule has 0 N–H and O–H groups in total. The van der Waals surface area contributed by atoms with Crippen molar-refractivity contribution in [2.45, 2.75) is 102 Å². The van der Waals surface area contributed by atoms with Crippen molar-refractivity contribution in [2.24, 2.45) is 0 Å². The van der Waals surface area contributed by atoms with Gasteiger partial charge in [0, 0.05) is 0 Å². The molecule has 0 aromatic heterocycles. The number of ether oxygens (including phenoxy) is 2.